The van der Waals surface area contributed by atoms with Crippen LogP contribution in [-0.2, 0) is 0 Å². The van der Waals surface area contributed by atoms with E-state index in [1.54, 1.807) is 23.1 Å². The Bertz CT molecular complexity index is 445. The molecule has 1 aromatic carbocycles. The van der Waals surface area contributed by atoms with Crippen LogP contribution in [0.5, 0.6) is 0 Å². The van der Waals surface area contributed by atoms with Crippen LogP contribution in [0.15, 0.2) is 22.5 Å². The Balaban J connectivity index is 2.54. The van der Waals surface area contributed by atoms with Gasteiger partial charge in [-0.05, 0) is 29.9 Å². The normalized spacial score (nSPS) is 11.4. The summed E-state index contributed by atoms with van der Waals surface area (Å²) in [6.07, 6.45) is 2.07. The number of aromatic nitrogens is 1. The van der Waals surface area contributed by atoms with Gasteiger partial charge in [0.15, 0.2) is 4.34 Å². The fraction of sp³-hybridized carbons (Fsp3) is 0.364. The standard InChI is InChI=1S/C11H13NS2/c1-7(2)8-4-5-9-10(6-8)14-11(12-9)13-3/h4-7H,1-3H3. The van der Waals surface area contributed by atoms with Crippen molar-refractivity contribution in [2.75, 3.05) is 6.26 Å². The van der Waals surface area contributed by atoms with Crippen LogP contribution in [0.3, 0.4) is 0 Å². The zero-order valence-electron chi connectivity index (χ0n) is 8.57. The second kappa shape index (κ2) is 3.91. The number of thiazole rings is 1. The van der Waals surface area contributed by atoms with Crippen molar-refractivity contribution < 1.29 is 0 Å². The average molecular weight is 223 g/mol. The van der Waals surface area contributed by atoms with E-state index in [1.807, 2.05) is 0 Å². The van der Waals surface area contributed by atoms with Crippen LogP contribution in [0.25, 0.3) is 10.2 Å². The molecule has 1 heterocycles. The Kier molecular flexibility index (Phi) is 2.79. The summed E-state index contributed by atoms with van der Waals surface area (Å²) in [7, 11) is 0. The molecule has 0 bridgehead atoms. The van der Waals surface area contributed by atoms with E-state index in [-0.39, 0.29) is 0 Å². The van der Waals surface area contributed by atoms with E-state index in [9.17, 15) is 0 Å². The zero-order valence-corrected chi connectivity index (χ0v) is 10.2. The third-order valence-electron chi connectivity index (χ3n) is 2.23. The van der Waals surface area contributed by atoms with E-state index in [0.717, 1.165) is 9.86 Å². The van der Waals surface area contributed by atoms with Crippen LogP contribution >= 0.6 is 23.1 Å². The summed E-state index contributed by atoms with van der Waals surface area (Å²) in [5.41, 5.74) is 2.53. The van der Waals surface area contributed by atoms with E-state index in [4.69, 9.17) is 0 Å². The molecule has 1 aromatic heterocycles. The topological polar surface area (TPSA) is 12.9 Å². The molecule has 0 aliphatic carbocycles. The number of hydrogen-bond donors (Lipinski definition) is 0. The maximum atomic E-state index is 4.51. The lowest BCUT2D eigenvalue weighted by Crippen LogP contribution is -1.84. The lowest BCUT2D eigenvalue weighted by molar-refractivity contribution is 0.869. The molecular formula is C11H13NS2. The third kappa shape index (κ3) is 1.79. The van der Waals surface area contributed by atoms with Crippen LogP contribution in [0.4, 0.5) is 0 Å². The van der Waals surface area contributed by atoms with Gasteiger partial charge >= 0.3 is 0 Å². The van der Waals surface area contributed by atoms with E-state index in [0.29, 0.717) is 5.92 Å². The van der Waals surface area contributed by atoms with Crippen LogP contribution in [-0.4, -0.2) is 11.2 Å². The van der Waals surface area contributed by atoms with Crippen molar-refractivity contribution in [3.05, 3.63) is 23.8 Å². The molecule has 14 heavy (non-hydrogen) atoms. The van der Waals surface area contributed by atoms with Gasteiger partial charge in [-0.2, -0.15) is 0 Å². The van der Waals surface area contributed by atoms with E-state index < -0.39 is 0 Å². The van der Waals surface area contributed by atoms with Gasteiger partial charge in [0.25, 0.3) is 0 Å². The molecule has 0 fully saturated rings. The molecule has 0 saturated carbocycles. The van der Waals surface area contributed by atoms with Gasteiger partial charge in [0, 0.05) is 0 Å². The van der Waals surface area contributed by atoms with Gasteiger partial charge in [0.05, 0.1) is 10.2 Å². The third-order valence-corrected chi connectivity index (χ3v) is 4.24. The Morgan fingerprint density at radius 1 is 1.36 bits per heavy atom. The van der Waals surface area contributed by atoms with Crippen molar-refractivity contribution >= 4 is 33.3 Å². The van der Waals surface area contributed by atoms with Gasteiger partial charge in [-0.15, -0.1) is 11.3 Å². The highest BCUT2D eigenvalue weighted by atomic mass is 32.2. The van der Waals surface area contributed by atoms with Crippen LogP contribution in [0.1, 0.15) is 25.3 Å². The zero-order chi connectivity index (χ0) is 10.1. The monoisotopic (exact) mass is 223 g/mol. The van der Waals surface area contributed by atoms with Gasteiger partial charge in [-0.3, -0.25) is 0 Å². The van der Waals surface area contributed by atoms with Crippen LogP contribution < -0.4 is 0 Å². The number of thioether (sulfide) groups is 1. The molecule has 1 nitrogen and oxygen atoms in total. The summed E-state index contributed by atoms with van der Waals surface area (Å²) in [5.74, 6) is 0.597. The fourth-order valence-corrected chi connectivity index (χ4v) is 2.90. The predicted molar refractivity (Wildman–Crippen MR) is 65.5 cm³/mol. The van der Waals surface area contributed by atoms with Crippen molar-refractivity contribution in [2.45, 2.75) is 24.1 Å². The van der Waals surface area contributed by atoms with Crippen LogP contribution in [0.2, 0.25) is 0 Å². The fourth-order valence-electron chi connectivity index (χ4n) is 1.37. The molecule has 0 N–H and O–H groups in total. The molecule has 0 amide bonds. The highest BCUT2D eigenvalue weighted by Gasteiger charge is 2.05. The molecule has 0 atom stereocenters. The first-order valence-electron chi connectivity index (χ1n) is 4.65. The molecule has 2 aromatic rings. The van der Waals surface area contributed by atoms with E-state index in [1.165, 1.54) is 10.3 Å². The first-order chi connectivity index (χ1) is 6.70. The molecule has 0 radical (unpaired) electrons. The maximum absolute atomic E-state index is 4.51. The number of nitrogens with zero attached hydrogens (tertiary/aromatic N) is 1. The SMILES string of the molecule is CSc1nc2ccc(C(C)C)cc2s1. The molecule has 2 rings (SSSR count). The smallest absolute Gasteiger partial charge is 0.150 e. The average Bonchev–Trinajstić information content (AvgIpc) is 2.58. The molecular weight excluding hydrogens is 210 g/mol. The molecule has 0 saturated heterocycles. The highest BCUT2D eigenvalue weighted by Crippen LogP contribution is 2.30. The van der Waals surface area contributed by atoms with E-state index in [2.05, 4.69) is 43.3 Å². The number of benzene rings is 1. The molecule has 0 aliphatic rings. The Hall–Kier alpha value is -0.540. The molecule has 0 aliphatic heterocycles. The molecule has 0 spiro atoms. The second-order valence-electron chi connectivity index (χ2n) is 3.57. The Labute approximate surface area is 92.6 Å². The minimum atomic E-state index is 0.597. The number of hydrogen-bond acceptors (Lipinski definition) is 3. The Morgan fingerprint density at radius 2 is 2.14 bits per heavy atom. The van der Waals surface area contributed by atoms with Gasteiger partial charge in [-0.25, -0.2) is 4.98 Å². The van der Waals surface area contributed by atoms with Gasteiger partial charge in [0.1, 0.15) is 0 Å². The molecule has 74 valence electrons. The summed E-state index contributed by atoms with van der Waals surface area (Å²) in [5, 5.41) is 0. The Morgan fingerprint density at radius 3 is 2.79 bits per heavy atom. The molecule has 0 unspecified atom stereocenters. The largest absolute Gasteiger partial charge is 0.230 e. The summed E-state index contributed by atoms with van der Waals surface area (Å²) in [6.45, 7) is 4.44. The summed E-state index contributed by atoms with van der Waals surface area (Å²) < 4.78 is 2.46. The summed E-state index contributed by atoms with van der Waals surface area (Å²) in [4.78, 5) is 4.51. The number of rotatable bonds is 2. The van der Waals surface area contributed by atoms with Gasteiger partial charge in [0.2, 0.25) is 0 Å². The van der Waals surface area contributed by atoms with E-state index >= 15 is 0 Å². The second-order valence-corrected chi connectivity index (χ2v) is 5.65. The number of fused-ring (bicyclic) bond motifs is 1. The molecule has 3 heteroatoms. The van der Waals surface area contributed by atoms with Crippen molar-refractivity contribution in [3.63, 3.8) is 0 Å². The predicted octanol–water partition coefficient (Wildman–Crippen LogP) is 4.14. The van der Waals surface area contributed by atoms with Crippen molar-refractivity contribution in [1.29, 1.82) is 0 Å². The van der Waals surface area contributed by atoms with Crippen molar-refractivity contribution in [2.24, 2.45) is 0 Å². The maximum Gasteiger partial charge on any atom is 0.150 e. The van der Waals surface area contributed by atoms with Gasteiger partial charge < -0.3 is 0 Å². The first-order valence-corrected chi connectivity index (χ1v) is 6.69. The summed E-state index contributed by atoms with van der Waals surface area (Å²) in [6, 6.07) is 6.56. The van der Waals surface area contributed by atoms with Crippen molar-refractivity contribution in [3.8, 4) is 0 Å². The van der Waals surface area contributed by atoms with Crippen molar-refractivity contribution in [1.82, 2.24) is 4.98 Å². The minimum Gasteiger partial charge on any atom is -0.230 e. The minimum absolute atomic E-state index is 0.597. The highest BCUT2D eigenvalue weighted by molar-refractivity contribution is 8.00. The summed E-state index contributed by atoms with van der Waals surface area (Å²) >= 11 is 3.50. The van der Waals surface area contributed by atoms with Gasteiger partial charge in [-0.1, -0.05) is 31.7 Å². The first kappa shape index (κ1) is 9.99. The lowest BCUT2D eigenvalue weighted by Gasteiger charge is -2.03. The van der Waals surface area contributed by atoms with Crippen LogP contribution in [0, 0.1) is 0 Å². The quantitative estimate of drug-likeness (QED) is 0.710. The lowest BCUT2D eigenvalue weighted by atomic mass is 10.0.